The fourth-order valence-electron chi connectivity index (χ4n) is 5.76. The van der Waals surface area contributed by atoms with Gasteiger partial charge in [0.05, 0.1) is 24.9 Å². The van der Waals surface area contributed by atoms with Crippen molar-refractivity contribution in [3.8, 4) is 16.9 Å². The number of amides is 1. The number of benzene rings is 4. The van der Waals surface area contributed by atoms with Gasteiger partial charge in [-0.2, -0.15) is 0 Å². The number of ether oxygens (including phenoxy) is 2. The molecule has 5 atom stereocenters. The van der Waals surface area contributed by atoms with Crippen molar-refractivity contribution in [1.82, 2.24) is 10.2 Å². The number of carbonyl (C=O) groups excluding carboxylic acids is 1. The van der Waals surface area contributed by atoms with Crippen molar-refractivity contribution in [2.75, 3.05) is 20.1 Å². The SMILES string of the molecule is CC(=O)NCc1cccc(-c2ccc([C@@H]3O[C@H](CN(C)C[C@@H](O)c4cccc(O)c4)[C@H](C)[C@H](c4ccc(CO)cc4)O3)cc2)c1. The lowest BCUT2D eigenvalue weighted by Crippen LogP contribution is -2.44. The largest absolute Gasteiger partial charge is 0.508 e. The van der Waals surface area contributed by atoms with Crippen molar-refractivity contribution < 1.29 is 29.6 Å². The highest BCUT2D eigenvalue weighted by Gasteiger charge is 2.39. The van der Waals surface area contributed by atoms with E-state index in [1.165, 1.54) is 6.92 Å². The third-order valence-electron chi connectivity index (χ3n) is 8.34. The molecule has 1 aliphatic heterocycles. The molecule has 1 amide bonds. The van der Waals surface area contributed by atoms with Crippen LogP contribution in [0.25, 0.3) is 11.1 Å². The monoisotopic (exact) mass is 610 g/mol. The van der Waals surface area contributed by atoms with Gasteiger partial charge in [-0.05, 0) is 58.6 Å². The van der Waals surface area contributed by atoms with Gasteiger partial charge in [0, 0.05) is 38.0 Å². The minimum atomic E-state index is -0.765. The van der Waals surface area contributed by atoms with Crippen LogP contribution >= 0.6 is 0 Å². The van der Waals surface area contributed by atoms with Crippen LogP contribution in [0.5, 0.6) is 5.75 Å². The van der Waals surface area contributed by atoms with Crippen molar-refractivity contribution in [2.24, 2.45) is 5.92 Å². The number of aliphatic hydroxyl groups is 2. The molecule has 1 saturated heterocycles. The van der Waals surface area contributed by atoms with Crippen molar-refractivity contribution in [3.63, 3.8) is 0 Å². The molecule has 8 heteroatoms. The zero-order valence-electron chi connectivity index (χ0n) is 26.0. The lowest BCUT2D eigenvalue weighted by atomic mass is 9.90. The van der Waals surface area contributed by atoms with E-state index in [2.05, 4.69) is 30.4 Å². The molecule has 0 radical (unpaired) electrons. The molecule has 5 rings (SSSR count). The molecule has 1 aliphatic rings. The Morgan fingerprint density at radius 3 is 2.29 bits per heavy atom. The Balaban J connectivity index is 1.35. The van der Waals surface area contributed by atoms with Crippen molar-refractivity contribution >= 4 is 5.91 Å². The summed E-state index contributed by atoms with van der Waals surface area (Å²) in [5.41, 5.74) is 6.51. The summed E-state index contributed by atoms with van der Waals surface area (Å²) >= 11 is 0. The first-order valence-corrected chi connectivity index (χ1v) is 15.3. The number of phenolic OH excluding ortho intramolecular Hbond substituents is 1. The first-order valence-electron chi connectivity index (χ1n) is 15.3. The third-order valence-corrected chi connectivity index (χ3v) is 8.34. The quantitative estimate of drug-likeness (QED) is 0.174. The molecule has 0 unspecified atom stereocenters. The Labute approximate surface area is 264 Å². The number of hydrogen-bond donors (Lipinski definition) is 4. The Morgan fingerprint density at radius 2 is 1.60 bits per heavy atom. The van der Waals surface area contributed by atoms with Gasteiger partial charge in [-0.25, -0.2) is 0 Å². The van der Waals surface area contributed by atoms with Gasteiger partial charge >= 0.3 is 0 Å². The number of nitrogens with zero attached hydrogens (tertiary/aromatic N) is 1. The molecule has 1 fully saturated rings. The van der Waals surface area contributed by atoms with Crippen LogP contribution in [-0.4, -0.2) is 52.4 Å². The van der Waals surface area contributed by atoms with E-state index in [-0.39, 0.29) is 36.4 Å². The number of aliphatic hydroxyl groups excluding tert-OH is 2. The molecule has 236 valence electrons. The third kappa shape index (κ3) is 8.36. The van der Waals surface area contributed by atoms with E-state index in [0.717, 1.165) is 33.4 Å². The molecule has 0 aromatic heterocycles. The minimum Gasteiger partial charge on any atom is -0.508 e. The average molecular weight is 611 g/mol. The van der Waals surface area contributed by atoms with Crippen LogP contribution in [0.15, 0.2) is 97.1 Å². The number of carbonyl (C=O) groups is 1. The number of nitrogens with one attached hydrogen (secondary N) is 1. The number of hydrogen-bond acceptors (Lipinski definition) is 7. The maximum atomic E-state index is 11.4. The summed E-state index contributed by atoms with van der Waals surface area (Å²) in [6.45, 7) is 5.00. The first kappa shape index (κ1) is 32.3. The topological polar surface area (TPSA) is 111 Å². The van der Waals surface area contributed by atoms with Crippen LogP contribution in [0.2, 0.25) is 0 Å². The van der Waals surface area contributed by atoms with Gasteiger partial charge in [-0.15, -0.1) is 0 Å². The van der Waals surface area contributed by atoms with Gasteiger partial charge in [0.15, 0.2) is 6.29 Å². The van der Waals surface area contributed by atoms with E-state index in [0.29, 0.717) is 25.2 Å². The average Bonchev–Trinajstić information content (AvgIpc) is 3.05. The van der Waals surface area contributed by atoms with Crippen LogP contribution in [0.3, 0.4) is 0 Å². The molecule has 4 N–H and O–H groups in total. The number of aromatic hydroxyl groups is 1. The Bertz CT molecular complexity index is 1560. The van der Waals surface area contributed by atoms with E-state index in [1.54, 1.807) is 24.3 Å². The lowest BCUT2D eigenvalue weighted by molar-refractivity contribution is -0.276. The van der Waals surface area contributed by atoms with Crippen LogP contribution < -0.4 is 5.32 Å². The highest BCUT2D eigenvalue weighted by atomic mass is 16.7. The summed E-state index contributed by atoms with van der Waals surface area (Å²) in [4.78, 5) is 13.4. The van der Waals surface area contributed by atoms with Gasteiger partial charge in [0.25, 0.3) is 0 Å². The Hall–Kier alpha value is -4.05. The second kappa shape index (κ2) is 14.8. The fourth-order valence-corrected chi connectivity index (χ4v) is 5.76. The van der Waals surface area contributed by atoms with Gasteiger partial charge in [-0.1, -0.05) is 85.8 Å². The summed E-state index contributed by atoms with van der Waals surface area (Å²) in [6.07, 6.45) is -1.84. The highest BCUT2D eigenvalue weighted by molar-refractivity contribution is 5.73. The molecule has 0 aliphatic carbocycles. The number of phenols is 1. The molecule has 4 aromatic carbocycles. The van der Waals surface area contributed by atoms with Gasteiger partial charge in [0.1, 0.15) is 5.75 Å². The van der Waals surface area contributed by atoms with Crippen molar-refractivity contribution in [1.29, 1.82) is 0 Å². The Kier molecular flexibility index (Phi) is 10.7. The van der Waals surface area contributed by atoms with Gasteiger partial charge in [0.2, 0.25) is 5.91 Å². The summed E-state index contributed by atoms with van der Waals surface area (Å²) in [5.74, 6) is 0.0516. The fraction of sp³-hybridized carbons (Fsp3) is 0.324. The van der Waals surface area contributed by atoms with Crippen LogP contribution in [0.1, 0.15) is 60.2 Å². The molecular formula is C37H42N2O6. The number of rotatable bonds is 11. The van der Waals surface area contributed by atoms with Crippen LogP contribution in [0, 0.1) is 5.92 Å². The van der Waals surface area contributed by atoms with Gasteiger partial charge in [-0.3, -0.25) is 4.79 Å². The van der Waals surface area contributed by atoms with E-state index in [9.17, 15) is 20.1 Å². The van der Waals surface area contributed by atoms with Crippen molar-refractivity contribution in [3.05, 3.63) is 125 Å². The predicted molar refractivity (Wildman–Crippen MR) is 173 cm³/mol. The van der Waals surface area contributed by atoms with Crippen LogP contribution in [-0.2, 0) is 27.4 Å². The number of likely N-dealkylation sites (N-methyl/N-ethyl adjacent to an activating group) is 1. The minimum absolute atomic E-state index is 0.00721. The molecule has 0 spiro atoms. The lowest BCUT2D eigenvalue weighted by Gasteiger charge is -2.42. The normalized spacial score (nSPS) is 20.6. The maximum absolute atomic E-state index is 11.4. The maximum Gasteiger partial charge on any atom is 0.217 e. The summed E-state index contributed by atoms with van der Waals surface area (Å²) in [5, 5.41) is 33.1. The smallest absolute Gasteiger partial charge is 0.217 e. The zero-order valence-corrected chi connectivity index (χ0v) is 26.0. The summed E-state index contributed by atoms with van der Waals surface area (Å²) in [6, 6.07) is 30.8. The summed E-state index contributed by atoms with van der Waals surface area (Å²) < 4.78 is 13.2. The zero-order chi connectivity index (χ0) is 31.9. The molecule has 0 saturated carbocycles. The van der Waals surface area contributed by atoms with E-state index in [1.807, 2.05) is 66.5 Å². The van der Waals surface area contributed by atoms with Crippen molar-refractivity contribution in [2.45, 2.75) is 51.6 Å². The second-order valence-electron chi connectivity index (χ2n) is 11.9. The van der Waals surface area contributed by atoms with E-state index < -0.39 is 12.4 Å². The van der Waals surface area contributed by atoms with E-state index in [4.69, 9.17) is 9.47 Å². The molecule has 4 aromatic rings. The molecule has 0 bridgehead atoms. The second-order valence-corrected chi connectivity index (χ2v) is 11.9. The molecule has 45 heavy (non-hydrogen) atoms. The molecule has 8 nitrogen and oxygen atoms in total. The van der Waals surface area contributed by atoms with Gasteiger partial charge < -0.3 is 35.0 Å². The molecule has 1 heterocycles. The first-order chi connectivity index (χ1) is 21.7. The Morgan fingerprint density at radius 1 is 0.889 bits per heavy atom. The summed E-state index contributed by atoms with van der Waals surface area (Å²) in [7, 11) is 1.95. The molecular weight excluding hydrogens is 568 g/mol. The predicted octanol–water partition coefficient (Wildman–Crippen LogP) is 5.64. The standard InChI is InChI=1S/C37H42N2O6/c1-24-35(22-39(3)21-34(43)32-8-5-9-33(42)19-32)44-37(45-36(24)29-12-10-26(23-40)11-13-29)30-16-14-28(15-17-30)31-7-4-6-27(18-31)20-38-25(2)41/h4-19,24,34-37,40,42-43H,20-23H2,1-3H3,(H,38,41)/t24-,34+,35+,36+,37+/m0/s1. The van der Waals surface area contributed by atoms with E-state index >= 15 is 0 Å². The van der Waals surface area contributed by atoms with Crippen LogP contribution in [0.4, 0.5) is 0 Å². The highest BCUT2D eigenvalue weighted by Crippen LogP contribution is 2.42.